The molecule has 0 N–H and O–H groups in total. The predicted molar refractivity (Wildman–Crippen MR) is 89.4 cm³/mol. The van der Waals surface area contributed by atoms with Gasteiger partial charge in [-0.15, -0.1) is 0 Å². The maximum absolute atomic E-state index is 2.65. The Hall–Kier alpha value is 0. The van der Waals surface area contributed by atoms with Gasteiger partial charge in [0.25, 0.3) is 0 Å². The van der Waals surface area contributed by atoms with Crippen molar-refractivity contribution in [2.24, 2.45) is 11.8 Å². The van der Waals surface area contributed by atoms with Crippen molar-refractivity contribution in [2.45, 2.75) is 105 Å². The Bertz CT molecular complexity index is 161. The first kappa shape index (κ1) is 19.0. The summed E-state index contributed by atoms with van der Waals surface area (Å²) in [5, 5.41) is 0. The molecule has 0 aliphatic carbocycles. The van der Waals surface area contributed by atoms with Gasteiger partial charge < -0.3 is 0 Å². The van der Waals surface area contributed by atoms with Gasteiger partial charge in [0.15, 0.2) is 0 Å². The lowest BCUT2D eigenvalue weighted by Gasteiger charge is -2.19. The van der Waals surface area contributed by atoms with E-state index in [0.29, 0.717) is 0 Å². The zero-order chi connectivity index (χ0) is 14.3. The molecule has 0 fully saturated rings. The van der Waals surface area contributed by atoms with Crippen LogP contribution in [0.3, 0.4) is 0 Å². The monoisotopic (exact) mass is 267 g/mol. The van der Waals surface area contributed by atoms with Crippen molar-refractivity contribution < 1.29 is 0 Å². The first-order chi connectivity index (χ1) is 9.24. The Balaban J connectivity index is 3.53. The van der Waals surface area contributed by atoms with Gasteiger partial charge in [-0.25, -0.2) is 0 Å². The minimum atomic E-state index is 0.830. The van der Waals surface area contributed by atoms with Crippen molar-refractivity contribution in [3.05, 3.63) is 6.42 Å². The van der Waals surface area contributed by atoms with Gasteiger partial charge in [-0.3, -0.25) is 0 Å². The average Bonchev–Trinajstić information content (AvgIpc) is 2.41. The van der Waals surface area contributed by atoms with Gasteiger partial charge in [-0.2, -0.15) is 0 Å². The summed E-state index contributed by atoms with van der Waals surface area (Å²) in [6, 6.07) is 0. The summed E-state index contributed by atoms with van der Waals surface area (Å²) < 4.78 is 0. The van der Waals surface area contributed by atoms with Crippen LogP contribution in [0, 0.1) is 18.3 Å². The van der Waals surface area contributed by atoms with E-state index in [0.717, 1.165) is 11.8 Å². The molecule has 0 rings (SSSR count). The molecule has 0 aliphatic rings. The molecule has 0 aromatic carbocycles. The Morgan fingerprint density at radius 1 is 0.684 bits per heavy atom. The first-order valence-electron chi connectivity index (χ1n) is 9.09. The van der Waals surface area contributed by atoms with E-state index in [1.165, 1.54) is 77.0 Å². The maximum Gasteiger partial charge on any atom is -0.0327 e. The van der Waals surface area contributed by atoms with E-state index in [1.807, 2.05) is 0 Å². The van der Waals surface area contributed by atoms with Crippen LogP contribution in [0.15, 0.2) is 0 Å². The normalized spacial score (nSPS) is 14.5. The van der Waals surface area contributed by atoms with Crippen LogP contribution >= 0.6 is 0 Å². The molecule has 0 aromatic heterocycles. The predicted octanol–water partition coefficient (Wildman–Crippen LogP) is 7.18. The van der Waals surface area contributed by atoms with Crippen molar-refractivity contribution in [1.29, 1.82) is 0 Å². The summed E-state index contributed by atoms with van der Waals surface area (Å²) in [5.41, 5.74) is 0. The number of unbranched alkanes of at least 4 members (excludes halogenated alkanes) is 7. The molecule has 0 bridgehead atoms. The fraction of sp³-hybridized carbons (Fsp3) is 0.947. The third-order valence-electron chi connectivity index (χ3n) is 4.32. The highest BCUT2D eigenvalue weighted by atomic mass is 14.2. The van der Waals surface area contributed by atoms with Crippen molar-refractivity contribution in [2.75, 3.05) is 0 Å². The van der Waals surface area contributed by atoms with Crippen molar-refractivity contribution in [3.8, 4) is 0 Å². The van der Waals surface area contributed by atoms with E-state index >= 15 is 0 Å². The lowest BCUT2D eigenvalue weighted by Crippen LogP contribution is -2.07. The highest BCUT2D eigenvalue weighted by molar-refractivity contribution is 4.80. The van der Waals surface area contributed by atoms with Crippen molar-refractivity contribution >= 4 is 0 Å². The van der Waals surface area contributed by atoms with E-state index in [9.17, 15) is 0 Å². The molecule has 0 spiro atoms. The van der Waals surface area contributed by atoms with Crippen LogP contribution in [0.2, 0.25) is 0 Å². The molecule has 0 aliphatic heterocycles. The molecular weight excluding hydrogens is 228 g/mol. The molecule has 0 amide bonds. The van der Waals surface area contributed by atoms with Crippen LogP contribution in [0.25, 0.3) is 0 Å². The number of rotatable bonds is 14. The molecule has 0 nitrogen and oxygen atoms in total. The third-order valence-corrected chi connectivity index (χ3v) is 4.32. The van der Waals surface area contributed by atoms with Crippen LogP contribution < -0.4 is 0 Å². The van der Waals surface area contributed by atoms with Gasteiger partial charge in [0.1, 0.15) is 0 Å². The molecule has 0 heteroatoms. The van der Waals surface area contributed by atoms with E-state index in [2.05, 4.69) is 34.1 Å². The lowest BCUT2D eigenvalue weighted by atomic mass is 9.87. The molecule has 19 heavy (non-hydrogen) atoms. The number of hydrogen-bond donors (Lipinski definition) is 0. The second-order valence-electron chi connectivity index (χ2n) is 6.39. The molecule has 0 heterocycles. The van der Waals surface area contributed by atoms with Crippen LogP contribution in [0.5, 0.6) is 0 Å². The molecule has 0 aromatic rings. The zero-order valence-corrected chi connectivity index (χ0v) is 14.2. The largest absolute Gasteiger partial charge is 0.0654 e. The first-order valence-corrected chi connectivity index (χ1v) is 9.09. The van der Waals surface area contributed by atoms with Gasteiger partial charge in [0.2, 0.25) is 0 Å². The standard InChI is InChI=1S/C19H39/c1-5-8-10-11-12-14-16-19(7-3)17-18(4)15-13-9-6-2/h17-19H,5-16H2,1-4H3. The molecule has 0 saturated heterocycles. The Morgan fingerprint density at radius 3 is 1.84 bits per heavy atom. The Kier molecular flexibility index (Phi) is 14.4. The van der Waals surface area contributed by atoms with Crippen LogP contribution in [-0.4, -0.2) is 0 Å². The Morgan fingerprint density at radius 2 is 1.21 bits per heavy atom. The summed E-state index contributed by atoms with van der Waals surface area (Å²) in [5.74, 6) is 1.71. The van der Waals surface area contributed by atoms with Gasteiger partial charge >= 0.3 is 0 Å². The Labute approximate surface area is 123 Å². The number of hydrogen-bond acceptors (Lipinski definition) is 0. The maximum atomic E-state index is 2.65. The van der Waals surface area contributed by atoms with E-state index < -0.39 is 0 Å². The fourth-order valence-corrected chi connectivity index (χ4v) is 2.90. The smallest absolute Gasteiger partial charge is 0.0327 e. The topological polar surface area (TPSA) is 0 Å². The minimum Gasteiger partial charge on any atom is -0.0654 e. The summed E-state index contributed by atoms with van der Waals surface area (Å²) in [7, 11) is 0. The second-order valence-corrected chi connectivity index (χ2v) is 6.39. The highest BCUT2D eigenvalue weighted by Crippen LogP contribution is 2.24. The highest BCUT2D eigenvalue weighted by Gasteiger charge is 2.11. The van der Waals surface area contributed by atoms with E-state index in [4.69, 9.17) is 0 Å². The SMILES string of the molecule is CCCCCCCCC([CH]C(C)CCCCC)CC. The van der Waals surface area contributed by atoms with Crippen LogP contribution in [0.1, 0.15) is 105 Å². The van der Waals surface area contributed by atoms with Crippen molar-refractivity contribution in [1.82, 2.24) is 0 Å². The quantitative estimate of drug-likeness (QED) is 0.292. The summed E-state index contributed by atoms with van der Waals surface area (Å²) in [6.07, 6.45) is 19.6. The van der Waals surface area contributed by atoms with Crippen LogP contribution in [0.4, 0.5) is 0 Å². The van der Waals surface area contributed by atoms with Gasteiger partial charge in [-0.1, -0.05) is 105 Å². The molecule has 2 atom stereocenters. The van der Waals surface area contributed by atoms with Gasteiger partial charge in [0.05, 0.1) is 0 Å². The molecule has 115 valence electrons. The zero-order valence-electron chi connectivity index (χ0n) is 14.2. The molecule has 1 radical (unpaired) electrons. The van der Waals surface area contributed by atoms with E-state index in [1.54, 1.807) is 0 Å². The summed E-state index contributed by atoms with van der Waals surface area (Å²) in [4.78, 5) is 0. The third kappa shape index (κ3) is 12.8. The molecule has 2 unspecified atom stereocenters. The lowest BCUT2D eigenvalue weighted by molar-refractivity contribution is 0.423. The van der Waals surface area contributed by atoms with Crippen LogP contribution in [-0.2, 0) is 0 Å². The molecule has 0 saturated carbocycles. The molecular formula is C19H39. The second kappa shape index (κ2) is 14.4. The van der Waals surface area contributed by atoms with Gasteiger partial charge in [0, 0.05) is 0 Å². The van der Waals surface area contributed by atoms with E-state index in [-0.39, 0.29) is 0 Å². The average molecular weight is 268 g/mol. The fourth-order valence-electron chi connectivity index (χ4n) is 2.90. The summed E-state index contributed by atoms with van der Waals surface area (Å²) in [6.45, 7) is 9.36. The van der Waals surface area contributed by atoms with Gasteiger partial charge in [-0.05, 0) is 18.3 Å². The summed E-state index contributed by atoms with van der Waals surface area (Å²) >= 11 is 0. The minimum absolute atomic E-state index is 0.830. The van der Waals surface area contributed by atoms with Crippen molar-refractivity contribution in [3.63, 3.8) is 0 Å².